The molecule has 12 heteroatoms. The Morgan fingerprint density at radius 3 is 1.88 bits per heavy atom. The number of guanidine groups is 1. The second kappa shape index (κ2) is 16.7. The molecule has 0 radical (unpaired) electrons. The van der Waals surface area contributed by atoms with E-state index in [-0.39, 0.29) is 36.7 Å². The van der Waals surface area contributed by atoms with Gasteiger partial charge in [0, 0.05) is 12.5 Å². The monoisotopic (exact) mass is 484 g/mol. The van der Waals surface area contributed by atoms with E-state index in [9.17, 15) is 19.2 Å². The molecule has 0 unspecified atom stereocenters. The van der Waals surface area contributed by atoms with Crippen molar-refractivity contribution in [1.82, 2.24) is 16.0 Å². The van der Waals surface area contributed by atoms with Crippen LogP contribution < -0.4 is 38.9 Å². The van der Waals surface area contributed by atoms with Crippen LogP contribution in [0, 0.1) is 11.8 Å². The lowest BCUT2D eigenvalue weighted by atomic mass is 9.99. The molecule has 12 nitrogen and oxygen atoms in total. The van der Waals surface area contributed by atoms with Crippen LogP contribution in [0.2, 0.25) is 0 Å². The first-order valence-corrected chi connectivity index (χ1v) is 11.8. The zero-order chi connectivity index (χ0) is 26.3. The van der Waals surface area contributed by atoms with E-state index < -0.39 is 35.8 Å². The van der Waals surface area contributed by atoms with Crippen LogP contribution >= 0.6 is 0 Å². The number of nitrogens with one attached hydrogen (secondary N) is 3. The SMILES string of the molecule is CC(C)C[C@H](NC(=O)[C@@H](C)CCCCN)C(=O)N[C@@H](CCCN=C(N)N)C(=O)N[C@@H](C)C(N)=O. The van der Waals surface area contributed by atoms with Crippen molar-refractivity contribution in [1.29, 1.82) is 0 Å². The van der Waals surface area contributed by atoms with E-state index in [4.69, 9.17) is 22.9 Å². The Morgan fingerprint density at radius 1 is 0.765 bits per heavy atom. The average molecular weight is 485 g/mol. The molecule has 0 saturated carbocycles. The summed E-state index contributed by atoms with van der Waals surface area (Å²) in [6, 6.07) is -2.69. The fourth-order valence-electron chi connectivity index (χ4n) is 3.17. The molecule has 0 heterocycles. The van der Waals surface area contributed by atoms with Gasteiger partial charge in [-0.1, -0.05) is 27.2 Å². The summed E-state index contributed by atoms with van der Waals surface area (Å²) in [4.78, 5) is 53.7. The molecular weight excluding hydrogens is 440 g/mol. The summed E-state index contributed by atoms with van der Waals surface area (Å²) in [5, 5.41) is 8.01. The van der Waals surface area contributed by atoms with Crippen LogP contribution in [0.4, 0.5) is 0 Å². The second-order valence-corrected chi connectivity index (χ2v) is 9.02. The van der Waals surface area contributed by atoms with Gasteiger partial charge in [0.25, 0.3) is 0 Å². The van der Waals surface area contributed by atoms with E-state index in [0.29, 0.717) is 25.8 Å². The van der Waals surface area contributed by atoms with Gasteiger partial charge >= 0.3 is 0 Å². The van der Waals surface area contributed by atoms with Crippen LogP contribution in [0.5, 0.6) is 0 Å². The molecule has 0 aromatic carbocycles. The van der Waals surface area contributed by atoms with Gasteiger partial charge in [0.1, 0.15) is 18.1 Å². The average Bonchev–Trinajstić information content (AvgIpc) is 2.74. The van der Waals surface area contributed by atoms with Gasteiger partial charge in [-0.15, -0.1) is 0 Å². The number of nitrogens with zero attached hydrogens (tertiary/aromatic N) is 1. The highest BCUT2D eigenvalue weighted by Crippen LogP contribution is 2.11. The van der Waals surface area contributed by atoms with Gasteiger partial charge in [-0.25, -0.2) is 0 Å². The molecule has 196 valence electrons. The van der Waals surface area contributed by atoms with Crippen molar-refractivity contribution in [3.05, 3.63) is 0 Å². The van der Waals surface area contributed by atoms with Crippen LogP contribution in [0.15, 0.2) is 4.99 Å². The van der Waals surface area contributed by atoms with Gasteiger partial charge in [-0.05, 0) is 51.5 Å². The zero-order valence-electron chi connectivity index (χ0n) is 20.9. The van der Waals surface area contributed by atoms with Crippen LogP contribution in [0.25, 0.3) is 0 Å². The Labute approximate surface area is 202 Å². The highest BCUT2D eigenvalue weighted by Gasteiger charge is 2.29. The number of amides is 4. The van der Waals surface area contributed by atoms with Crippen molar-refractivity contribution in [2.45, 2.75) is 84.3 Å². The summed E-state index contributed by atoms with van der Waals surface area (Å²) < 4.78 is 0. The Hall–Kier alpha value is -2.89. The molecule has 0 aliphatic rings. The van der Waals surface area contributed by atoms with Crippen molar-refractivity contribution >= 4 is 29.6 Å². The fraction of sp³-hybridized carbons (Fsp3) is 0.773. The molecule has 11 N–H and O–H groups in total. The van der Waals surface area contributed by atoms with E-state index in [1.165, 1.54) is 6.92 Å². The molecule has 0 aliphatic carbocycles. The summed E-state index contributed by atoms with van der Waals surface area (Å²) in [7, 11) is 0. The summed E-state index contributed by atoms with van der Waals surface area (Å²) in [5.41, 5.74) is 21.4. The Balaban J connectivity index is 5.37. The molecule has 0 saturated heterocycles. The third-order valence-electron chi connectivity index (χ3n) is 5.24. The maximum absolute atomic E-state index is 13.1. The number of nitrogens with two attached hydrogens (primary N) is 4. The molecule has 4 atom stereocenters. The van der Waals surface area contributed by atoms with Gasteiger partial charge in [-0.2, -0.15) is 0 Å². The highest BCUT2D eigenvalue weighted by molar-refractivity contribution is 5.94. The molecule has 0 fully saturated rings. The number of rotatable bonds is 17. The lowest BCUT2D eigenvalue weighted by molar-refractivity contribution is -0.134. The minimum absolute atomic E-state index is 0.0762. The molecule has 0 aromatic rings. The van der Waals surface area contributed by atoms with E-state index in [1.807, 2.05) is 13.8 Å². The van der Waals surface area contributed by atoms with E-state index in [2.05, 4.69) is 20.9 Å². The number of aliphatic imine (C=N–C) groups is 1. The normalized spacial score (nSPS) is 14.4. The lowest BCUT2D eigenvalue weighted by Crippen LogP contribution is -2.56. The molecule has 4 amide bonds. The largest absolute Gasteiger partial charge is 0.370 e. The third kappa shape index (κ3) is 13.6. The van der Waals surface area contributed by atoms with Crippen LogP contribution in [0.1, 0.15) is 66.2 Å². The molecule has 34 heavy (non-hydrogen) atoms. The number of hydrogen-bond acceptors (Lipinski definition) is 6. The predicted molar refractivity (Wildman–Crippen MR) is 132 cm³/mol. The molecular formula is C22H44N8O4. The van der Waals surface area contributed by atoms with E-state index in [0.717, 1.165) is 12.8 Å². The molecule has 0 aromatic heterocycles. The summed E-state index contributed by atoms with van der Waals surface area (Å²) in [6.07, 6.45) is 3.33. The molecule has 0 bridgehead atoms. The minimum atomic E-state index is -0.961. The first kappa shape index (κ1) is 31.1. The lowest BCUT2D eigenvalue weighted by Gasteiger charge is -2.25. The molecule has 0 rings (SSSR count). The van der Waals surface area contributed by atoms with Gasteiger partial charge in [0.05, 0.1) is 0 Å². The number of hydrogen-bond donors (Lipinski definition) is 7. The Kier molecular flexibility index (Phi) is 15.3. The van der Waals surface area contributed by atoms with Crippen molar-refractivity contribution < 1.29 is 19.2 Å². The quantitative estimate of drug-likeness (QED) is 0.0759. The summed E-state index contributed by atoms with van der Waals surface area (Å²) in [5.74, 6) is -2.20. The van der Waals surface area contributed by atoms with Crippen molar-refractivity contribution in [3.63, 3.8) is 0 Å². The van der Waals surface area contributed by atoms with Crippen LogP contribution in [-0.4, -0.2) is 60.8 Å². The number of carbonyl (C=O) groups excluding carboxylic acids is 4. The molecule has 0 spiro atoms. The standard InChI is InChI=1S/C22H44N8O4/c1-13(2)12-17(30-19(32)14(3)8-5-6-10-23)21(34)29-16(9-7-11-27-22(25)26)20(33)28-15(4)18(24)31/h13-17H,5-12,23H2,1-4H3,(H2,24,31)(H,28,33)(H,29,34)(H,30,32)(H4,25,26,27)/t14-,15-,16-,17-/m0/s1. The maximum Gasteiger partial charge on any atom is 0.243 e. The van der Waals surface area contributed by atoms with Gasteiger partial charge in [0.15, 0.2) is 5.96 Å². The van der Waals surface area contributed by atoms with Crippen molar-refractivity contribution in [3.8, 4) is 0 Å². The number of primary amides is 1. The number of carbonyl (C=O) groups is 4. The van der Waals surface area contributed by atoms with Crippen LogP contribution in [0.3, 0.4) is 0 Å². The van der Waals surface area contributed by atoms with Crippen LogP contribution in [-0.2, 0) is 19.2 Å². The Bertz CT molecular complexity index is 694. The minimum Gasteiger partial charge on any atom is -0.370 e. The van der Waals surface area contributed by atoms with Crippen molar-refractivity contribution in [2.75, 3.05) is 13.1 Å². The first-order valence-electron chi connectivity index (χ1n) is 11.8. The topological polar surface area (TPSA) is 221 Å². The fourth-order valence-corrected chi connectivity index (χ4v) is 3.17. The second-order valence-electron chi connectivity index (χ2n) is 9.02. The summed E-state index contributed by atoms with van der Waals surface area (Å²) >= 11 is 0. The summed E-state index contributed by atoms with van der Waals surface area (Å²) in [6.45, 7) is 7.96. The van der Waals surface area contributed by atoms with Gasteiger partial charge in [0.2, 0.25) is 23.6 Å². The third-order valence-corrected chi connectivity index (χ3v) is 5.24. The van der Waals surface area contributed by atoms with Gasteiger partial charge < -0.3 is 38.9 Å². The zero-order valence-corrected chi connectivity index (χ0v) is 20.9. The van der Waals surface area contributed by atoms with Crippen molar-refractivity contribution in [2.24, 2.45) is 39.8 Å². The highest BCUT2D eigenvalue weighted by atomic mass is 16.2. The first-order chi connectivity index (χ1) is 15.9. The van der Waals surface area contributed by atoms with E-state index >= 15 is 0 Å². The predicted octanol–water partition coefficient (Wildman–Crippen LogP) is -1.19. The smallest absolute Gasteiger partial charge is 0.243 e. The molecule has 0 aliphatic heterocycles. The maximum atomic E-state index is 13.1. The number of unbranched alkanes of at least 4 members (excludes halogenated alkanes) is 1. The van der Waals surface area contributed by atoms with E-state index in [1.54, 1.807) is 6.92 Å². The van der Waals surface area contributed by atoms with Gasteiger partial charge in [-0.3, -0.25) is 24.2 Å². The Morgan fingerprint density at radius 2 is 1.35 bits per heavy atom.